The molecule has 2 aromatic rings. The first-order valence-electron chi connectivity index (χ1n) is 6.39. The number of anilines is 2. The summed E-state index contributed by atoms with van der Waals surface area (Å²) in [6.45, 7) is 1.48. The van der Waals surface area contributed by atoms with Crippen molar-refractivity contribution in [2.24, 2.45) is 0 Å². The highest BCUT2D eigenvalue weighted by Crippen LogP contribution is 2.28. The van der Waals surface area contributed by atoms with Gasteiger partial charge in [-0.15, -0.1) is 0 Å². The third-order valence-corrected chi connectivity index (χ3v) is 3.02. The lowest BCUT2D eigenvalue weighted by Crippen LogP contribution is -2.44. The molecule has 0 unspecified atom stereocenters. The number of para-hydroxylation sites is 2. The zero-order valence-electron chi connectivity index (χ0n) is 11.3. The van der Waals surface area contributed by atoms with E-state index in [-0.39, 0.29) is 30.8 Å². The van der Waals surface area contributed by atoms with Gasteiger partial charge in [-0.25, -0.2) is 0 Å². The van der Waals surface area contributed by atoms with Gasteiger partial charge in [0.25, 0.3) is 11.8 Å². The molecular formula is C14H13N3O4. The summed E-state index contributed by atoms with van der Waals surface area (Å²) in [5.74, 6) is 0.285. The Hall–Kier alpha value is -2.83. The minimum Gasteiger partial charge on any atom is -0.465 e. The molecule has 0 fully saturated rings. The molecule has 2 heterocycles. The number of amides is 2. The molecule has 7 nitrogen and oxygen atoms in total. The Morgan fingerprint density at radius 3 is 3.05 bits per heavy atom. The van der Waals surface area contributed by atoms with Gasteiger partial charge >= 0.3 is 0 Å². The van der Waals surface area contributed by atoms with E-state index in [1.807, 2.05) is 0 Å². The topological polar surface area (TPSA) is 84.7 Å². The lowest BCUT2D eigenvalue weighted by molar-refractivity contribution is -0.123. The maximum atomic E-state index is 12.2. The van der Waals surface area contributed by atoms with Crippen molar-refractivity contribution in [3.8, 4) is 5.88 Å². The number of nitrogens with one attached hydrogen (secondary N) is 1. The van der Waals surface area contributed by atoms with Crippen LogP contribution in [0.4, 0.5) is 11.4 Å². The van der Waals surface area contributed by atoms with Crippen LogP contribution in [0, 0.1) is 6.92 Å². The zero-order chi connectivity index (χ0) is 14.8. The molecule has 0 bridgehead atoms. The zero-order valence-corrected chi connectivity index (χ0v) is 11.3. The molecule has 3 rings (SSSR count). The number of carbonyl (C=O) groups is 2. The minimum atomic E-state index is -0.321. The Labute approximate surface area is 120 Å². The van der Waals surface area contributed by atoms with E-state index in [0.717, 1.165) is 0 Å². The van der Waals surface area contributed by atoms with E-state index >= 15 is 0 Å². The quantitative estimate of drug-likeness (QED) is 0.921. The highest BCUT2D eigenvalue weighted by Gasteiger charge is 2.26. The number of hydrogen-bond acceptors (Lipinski definition) is 5. The van der Waals surface area contributed by atoms with Gasteiger partial charge in [-0.2, -0.15) is 0 Å². The molecule has 1 aromatic heterocycles. The summed E-state index contributed by atoms with van der Waals surface area (Å²) in [6, 6.07) is 8.70. The van der Waals surface area contributed by atoms with Crippen LogP contribution >= 0.6 is 0 Å². The van der Waals surface area contributed by atoms with E-state index in [4.69, 9.17) is 9.26 Å². The Morgan fingerprint density at radius 2 is 2.29 bits per heavy atom. The molecule has 0 radical (unpaired) electrons. The van der Waals surface area contributed by atoms with Gasteiger partial charge in [0, 0.05) is 6.07 Å². The van der Waals surface area contributed by atoms with Crippen molar-refractivity contribution < 1.29 is 18.8 Å². The SMILES string of the molecule is Cc1cc(OCC(=O)N2CC(=O)Nc3ccccc32)no1. The van der Waals surface area contributed by atoms with Crippen molar-refractivity contribution in [1.82, 2.24) is 5.16 Å². The van der Waals surface area contributed by atoms with Crippen LogP contribution in [-0.2, 0) is 9.59 Å². The van der Waals surface area contributed by atoms with E-state index < -0.39 is 0 Å². The summed E-state index contributed by atoms with van der Waals surface area (Å²) in [4.78, 5) is 25.3. The highest BCUT2D eigenvalue weighted by atomic mass is 16.5. The van der Waals surface area contributed by atoms with E-state index in [1.54, 1.807) is 37.3 Å². The van der Waals surface area contributed by atoms with Crippen LogP contribution in [0.2, 0.25) is 0 Å². The summed E-state index contributed by atoms with van der Waals surface area (Å²) >= 11 is 0. The Morgan fingerprint density at radius 1 is 1.48 bits per heavy atom. The minimum absolute atomic E-state index is 0.0307. The molecule has 1 aliphatic rings. The number of fused-ring (bicyclic) bond motifs is 1. The first kappa shape index (κ1) is 13.2. The van der Waals surface area contributed by atoms with Gasteiger partial charge in [-0.3, -0.25) is 14.5 Å². The molecule has 108 valence electrons. The molecule has 7 heteroatoms. The Balaban J connectivity index is 1.74. The van der Waals surface area contributed by atoms with Crippen molar-refractivity contribution in [1.29, 1.82) is 0 Å². The molecule has 0 spiro atoms. The second kappa shape index (κ2) is 5.28. The fourth-order valence-corrected chi connectivity index (χ4v) is 2.08. The molecule has 1 aliphatic heterocycles. The van der Waals surface area contributed by atoms with Crippen molar-refractivity contribution in [2.75, 3.05) is 23.4 Å². The van der Waals surface area contributed by atoms with Gasteiger partial charge in [0.1, 0.15) is 12.3 Å². The van der Waals surface area contributed by atoms with Crippen LogP contribution in [-0.4, -0.2) is 30.1 Å². The van der Waals surface area contributed by atoms with E-state index in [9.17, 15) is 9.59 Å². The number of hydrogen-bond donors (Lipinski definition) is 1. The number of rotatable bonds is 3. The largest absolute Gasteiger partial charge is 0.465 e. The van der Waals surface area contributed by atoms with Gasteiger partial charge in [-0.05, 0) is 24.2 Å². The fraction of sp³-hybridized carbons (Fsp3) is 0.214. The van der Waals surface area contributed by atoms with Gasteiger partial charge < -0.3 is 14.6 Å². The van der Waals surface area contributed by atoms with Crippen LogP contribution in [0.1, 0.15) is 5.76 Å². The van der Waals surface area contributed by atoms with E-state index in [1.165, 1.54) is 4.90 Å². The van der Waals surface area contributed by atoms with Crippen LogP contribution in [0.15, 0.2) is 34.9 Å². The summed E-state index contributed by atoms with van der Waals surface area (Å²) in [6.07, 6.45) is 0. The second-order valence-corrected chi connectivity index (χ2v) is 4.61. The van der Waals surface area contributed by atoms with Gasteiger partial charge in [0.05, 0.1) is 11.4 Å². The monoisotopic (exact) mass is 287 g/mol. The number of ether oxygens (including phenoxy) is 1. The normalized spacial score (nSPS) is 13.6. The van der Waals surface area contributed by atoms with Crippen LogP contribution < -0.4 is 15.0 Å². The summed E-state index contributed by atoms with van der Waals surface area (Å²) < 4.78 is 10.1. The number of aromatic nitrogens is 1. The molecule has 2 amide bonds. The standard InChI is InChI=1S/C14H13N3O4/c1-9-6-13(16-21-9)20-8-14(19)17-7-12(18)15-10-4-2-3-5-11(10)17/h2-6H,7-8H2,1H3,(H,15,18). The van der Waals surface area contributed by atoms with E-state index in [2.05, 4.69) is 10.5 Å². The van der Waals surface area contributed by atoms with Crippen molar-refractivity contribution in [2.45, 2.75) is 6.92 Å². The lowest BCUT2D eigenvalue weighted by Gasteiger charge is -2.28. The molecule has 0 saturated carbocycles. The van der Waals surface area contributed by atoms with E-state index in [0.29, 0.717) is 17.1 Å². The maximum absolute atomic E-state index is 12.2. The molecule has 0 saturated heterocycles. The van der Waals surface area contributed by atoms with Gasteiger partial charge in [0.2, 0.25) is 5.91 Å². The molecule has 1 N–H and O–H groups in total. The van der Waals surface area contributed by atoms with Gasteiger partial charge in [-0.1, -0.05) is 12.1 Å². The summed E-state index contributed by atoms with van der Waals surface area (Å²) in [5.41, 5.74) is 1.27. The van der Waals surface area contributed by atoms with Crippen molar-refractivity contribution in [3.05, 3.63) is 36.1 Å². The van der Waals surface area contributed by atoms with Gasteiger partial charge in [0.15, 0.2) is 6.61 Å². The van der Waals surface area contributed by atoms with Crippen LogP contribution in [0.3, 0.4) is 0 Å². The third-order valence-electron chi connectivity index (χ3n) is 3.02. The number of aryl methyl sites for hydroxylation is 1. The Bertz CT molecular complexity index is 695. The van der Waals surface area contributed by atoms with Crippen molar-refractivity contribution >= 4 is 23.2 Å². The molecule has 0 atom stereocenters. The number of carbonyl (C=O) groups excluding carboxylic acids is 2. The number of nitrogens with zero attached hydrogens (tertiary/aromatic N) is 2. The molecule has 0 aliphatic carbocycles. The third kappa shape index (κ3) is 2.71. The smallest absolute Gasteiger partial charge is 0.265 e. The fourth-order valence-electron chi connectivity index (χ4n) is 2.08. The molecular weight excluding hydrogens is 274 g/mol. The molecule has 21 heavy (non-hydrogen) atoms. The first-order valence-corrected chi connectivity index (χ1v) is 6.39. The van der Waals surface area contributed by atoms with Crippen LogP contribution in [0.5, 0.6) is 5.88 Å². The maximum Gasteiger partial charge on any atom is 0.265 e. The lowest BCUT2D eigenvalue weighted by atomic mass is 10.2. The Kier molecular flexibility index (Phi) is 3.31. The molecule has 1 aromatic carbocycles. The predicted octanol–water partition coefficient (Wildman–Crippen LogP) is 1.35. The second-order valence-electron chi connectivity index (χ2n) is 4.61. The first-order chi connectivity index (χ1) is 10.1. The average molecular weight is 287 g/mol. The average Bonchev–Trinajstić information content (AvgIpc) is 2.89. The van der Waals surface area contributed by atoms with Crippen LogP contribution in [0.25, 0.3) is 0 Å². The number of benzene rings is 1. The highest BCUT2D eigenvalue weighted by molar-refractivity contribution is 6.10. The van der Waals surface area contributed by atoms with Crippen molar-refractivity contribution in [3.63, 3.8) is 0 Å². The summed E-state index contributed by atoms with van der Waals surface area (Å²) in [5, 5.41) is 6.37. The predicted molar refractivity (Wildman–Crippen MR) is 74.2 cm³/mol. The summed E-state index contributed by atoms with van der Waals surface area (Å²) in [7, 11) is 0.